The lowest BCUT2D eigenvalue weighted by Crippen LogP contribution is -2.36. The molecule has 0 unspecified atom stereocenters. The van der Waals surface area contributed by atoms with E-state index in [0.29, 0.717) is 12.1 Å². The van der Waals surface area contributed by atoms with Gasteiger partial charge in [-0.2, -0.15) is 0 Å². The van der Waals surface area contributed by atoms with Crippen LogP contribution in [0.25, 0.3) is 0 Å². The second kappa shape index (κ2) is 7.36. The van der Waals surface area contributed by atoms with Crippen molar-refractivity contribution >= 4 is 17.3 Å². The van der Waals surface area contributed by atoms with Gasteiger partial charge in [-0.15, -0.1) is 0 Å². The molecule has 0 radical (unpaired) electrons. The van der Waals surface area contributed by atoms with Crippen molar-refractivity contribution in [2.45, 2.75) is 25.5 Å². The molecule has 1 heterocycles. The van der Waals surface area contributed by atoms with Crippen LogP contribution in [0.2, 0.25) is 0 Å². The number of hydrogen-bond acceptors (Lipinski definition) is 4. The highest BCUT2D eigenvalue weighted by molar-refractivity contribution is 5.87. The van der Waals surface area contributed by atoms with E-state index in [4.69, 9.17) is 5.11 Å². The predicted molar refractivity (Wildman–Crippen MR) is 94.6 cm³/mol. The summed E-state index contributed by atoms with van der Waals surface area (Å²) in [5.41, 5.74) is 3.37. The molecule has 5 heteroatoms. The number of para-hydroxylation sites is 2. The molecule has 1 saturated heterocycles. The molecule has 126 valence electrons. The summed E-state index contributed by atoms with van der Waals surface area (Å²) in [7, 11) is 0. The molecule has 2 aromatic carbocycles. The Bertz CT molecular complexity index is 709. The first-order valence-corrected chi connectivity index (χ1v) is 8.21. The number of carboxylic acid groups (broad SMARTS) is 1. The summed E-state index contributed by atoms with van der Waals surface area (Å²) in [6, 6.07) is 15.1. The van der Waals surface area contributed by atoms with Gasteiger partial charge in [-0.3, -0.25) is 0 Å². The zero-order valence-corrected chi connectivity index (χ0v) is 13.5. The smallest absolute Gasteiger partial charge is 0.335 e. The van der Waals surface area contributed by atoms with Crippen LogP contribution in [0.5, 0.6) is 0 Å². The van der Waals surface area contributed by atoms with E-state index in [1.54, 1.807) is 18.2 Å². The fraction of sp³-hybridized carbons (Fsp3) is 0.316. The number of aliphatic hydroxyl groups excluding tert-OH is 1. The van der Waals surface area contributed by atoms with Crippen LogP contribution >= 0.6 is 0 Å². The lowest BCUT2D eigenvalue weighted by molar-refractivity contribution is 0.0696. The van der Waals surface area contributed by atoms with Gasteiger partial charge in [0.25, 0.3) is 0 Å². The lowest BCUT2D eigenvalue weighted by Gasteiger charge is -2.33. The first-order valence-electron chi connectivity index (χ1n) is 8.21. The largest absolute Gasteiger partial charge is 0.478 e. The molecular formula is C19H22N2O3. The van der Waals surface area contributed by atoms with E-state index in [1.165, 1.54) is 0 Å². The molecule has 3 N–H and O–H groups in total. The monoisotopic (exact) mass is 326 g/mol. The Balaban J connectivity index is 1.71. The van der Waals surface area contributed by atoms with Gasteiger partial charge in [0.1, 0.15) is 0 Å². The number of carboxylic acids is 1. The Hall–Kier alpha value is -2.53. The van der Waals surface area contributed by atoms with Crippen LogP contribution in [-0.2, 0) is 6.54 Å². The number of benzene rings is 2. The third-order valence-corrected chi connectivity index (χ3v) is 4.37. The minimum atomic E-state index is -0.913. The molecule has 1 aliphatic heterocycles. The van der Waals surface area contributed by atoms with Gasteiger partial charge in [0.05, 0.1) is 23.0 Å². The van der Waals surface area contributed by atoms with Crippen molar-refractivity contribution in [2.75, 3.05) is 23.3 Å². The summed E-state index contributed by atoms with van der Waals surface area (Å²) in [6.07, 6.45) is 1.38. The predicted octanol–water partition coefficient (Wildman–Crippen LogP) is 2.96. The van der Waals surface area contributed by atoms with E-state index < -0.39 is 5.97 Å². The zero-order valence-electron chi connectivity index (χ0n) is 13.5. The highest BCUT2D eigenvalue weighted by Gasteiger charge is 2.19. The third kappa shape index (κ3) is 3.86. The normalized spacial score (nSPS) is 15.3. The Labute approximate surface area is 141 Å². The molecule has 0 atom stereocenters. The number of anilines is 2. The van der Waals surface area contributed by atoms with Gasteiger partial charge < -0.3 is 20.4 Å². The van der Waals surface area contributed by atoms with E-state index >= 15 is 0 Å². The van der Waals surface area contributed by atoms with Crippen LogP contribution in [0.4, 0.5) is 11.4 Å². The van der Waals surface area contributed by atoms with Crippen molar-refractivity contribution < 1.29 is 15.0 Å². The average Bonchev–Trinajstić information content (AvgIpc) is 2.61. The van der Waals surface area contributed by atoms with E-state index in [0.717, 1.165) is 42.9 Å². The van der Waals surface area contributed by atoms with E-state index in [1.807, 2.05) is 24.3 Å². The average molecular weight is 326 g/mol. The first-order chi connectivity index (χ1) is 11.6. The Kier molecular flexibility index (Phi) is 5.01. The molecule has 0 aliphatic carbocycles. The van der Waals surface area contributed by atoms with Gasteiger partial charge in [-0.25, -0.2) is 4.79 Å². The SMILES string of the molecule is O=C(O)c1cccc(CNc2ccccc2N2CCC(O)CC2)c1. The number of hydrogen-bond donors (Lipinski definition) is 3. The molecule has 0 spiro atoms. The van der Waals surface area contributed by atoms with Crippen molar-refractivity contribution in [3.63, 3.8) is 0 Å². The molecule has 0 saturated carbocycles. The number of rotatable bonds is 5. The van der Waals surface area contributed by atoms with E-state index in [9.17, 15) is 9.90 Å². The molecule has 1 aliphatic rings. The van der Waals surface area contributed by atoms with Crippen molar-refractivity contribution in [3.05, 3.63) is 59.7 Å². The minimum absolute atomic E-state index is 0.194. The van der Waals surface area contributed by atoms with E-state index in [-0.39, 0.29) is 6.10 Å². The highest BCUT2D eigenvalue weighted by atomic mass is 16.4. The zero-order chi connectivity index (χ0) is 16.9. The van der Waals surface area contributed by atoms with Gasteiger partial charge >= 0.3 is 5.97 Å². The number of nitrogens with zero attached hydrogens (tertiary/aromatic N) is 1. The van der Waals surface area contributed by atoms with Gasteiger partial charge in [0, 0.05) is 19.6 Å². The van der Waals surface area contributed by atoms with Crippen LogP contribution < -0.4 is 10.2 Å². The molecule has 5 nitrogen and oxygen atoms in total. The van der Waals surface area contributed by atoms with Crippen molar-refractivity contribution in [1.82, 2.24) is 0 Å². The Morgan fingerprint density at radius 3 is 2.62 bits per heavy atom. The van der Waals surface area contributed by atoms with Crippen LogP contribution in [0, 0.1) is 0 Å². The maximum absolute atomic E-state index is 11.1. The number of carbonyl (C=O) groups is 1. The summed E-state index contributed by atoms with van der Waals surface area (Å²) < 4.78 is 0. The van der Waals surface area contributed by atoms with Gasteiger partial charge in [0.15, 0.2) is 0 Å². The van der Waals surface area contributed by atoms with Crippen LogP contribution in [0.15, 0.2) is 48.5 Å². The fourth-order valence-electron chi connectivity index (χ4n) is 3.02. The maximum atomic E-state index is 11.1. The molecule has 24 heavy (non-hydrogen) atoms. The minimum Gasteiger partial charge on any atom is -0.478 e. The first kappa shape index (κ1) is 16.3. The van der Waals surface area contributed by atoms with Crippen LogP contribution in [0.1, 0.15) is 28.8 Å². The number of aliphatic hydroxyl groups is 1. The Morgan fingerprint density at radius 1 is 1.12 bits per heavy atom. The number of aromatic carboxylic acids is 1. The summed E-state index contributed by atoms with van der Waals surface area (Å²) >= 11 is 0. The van der Waals surface area contributed by atoms with Crippen LogP contribution in [-0.4, -0.2) is 35.4 Å². The van der Waals surface area contributed by atoms with Gasteiger partial charge in [-0.1, -0.05) is 24.3 Å². The molecule has 0 bridgehead atoms. The highest BCUT2D eigenvalue weighted by Crippen LogP contribution is 2.28. The second-order valence-corrected chi connectivity index (χ2v) is 6.09. The fourth-order valence-corrected chi connectivity index (χ4v) is 3.02. The molecule has 0 amide bonds. The van der Waals surface area contributed by atoms with Crippen molar-refractivity contribution in [1.29, 1.82) is 0 Å². The number of nitrogens with one attached hydrogen (secondary N) is 1. The quantitative estimate of drug-likeness (QED) is 0.788. The lowest BCUT2D eigenvalue weighted by atomic mass is 10.1. The summed E-state index contributed by atoms with van der Waals surface area (Å²) in [6.45, 7) is 2.25. The van der Waals surface area contributed by atoms with E-state index in [2.05, 4.69) is 16.3 Å². The van der Waals surface area contributed by atoms with Gasteiger partial charge in [-0.05, 0) is 42.7 Å². The topological polar surface area (TPSA) is 72.8 Å². The molecule has 3 rings (SSSR count). The Morgan fingerprint density at radius 2 is 1.88 bits per heavy atom. The summed E-state index contributed by atoms with van der Waals surface area (Å²) in [5, 5.41) is 22.2. The molecule has 2 aromatic rings. The molecular weight excluding hydrogens is 304 g/mol. The summed E-state index contributed by atoms with van der Waals surface area (Å²) in [5.74, 6) is -0.913. The van der Waals surface area contributed by atoms with Crippen molar-refractivity contribution in [2.24, 2.45) is 0 Å². The van der Waals surface area contributed by atoms with Crippen LogP contribution in [0.3, 0.4) is 0 Å². The molecule has 1 fully saturated rings. The standard InChI is InChI=1S/C19H22N2O3/c22-16-8-10-21(11-9-16)18-7-2-1-6-17(18)20-13-14-4-3-5-15(12-14)19(23)24/h1-7,12,16,20,22H,8-11,13H2,(H,23,24). The van der Waals surface area contributed by atoms with Crippen molar-refractivity contribution in [3.8, 4) is 0 Å². The summed E-state index contributed by atoms with van der Waals surface area (Å²) in [4.78, 5) is 13.3. The van der Waals surface area contributed by atoms with Gasteiger partial charge in [0.2, 0.25) is 0 Å². The second-order valence-electron chi connectivity index (χ2n) is 6.09. The molecule has 0 aromatic heterocycles. The number of piperidine rings is 1. The maximum Gasteiger partial charge on any atom is 0.335 e. The third-order valence-electron chi connectivity index (χ3n) is 4.37.